The summed E-state index contributed by atoms with van der Waals surface area (Å²) < 4.78 is 4.41. The molecule has 0 atom stereocenters. The van der Waals surface area contributed by atoms with Crippen LogP contribution in [-0.4, -0.2) is 44.7 Å². The second-order valence-electron chi connectivity index (χ2n) is 1.86. The van der Waals surface area contributed by atoms with E-state index in [1.54, 1.807) is 0 Å². The first-order chi connectivity index (χ1) is 6.55. The van der Waals surface area contributed by atoms with Gasteiger partial charge in [-0.25, -0.2) is 0 Å². The number of alkyl halides is 6. The molecule has 4 nitrogen and oxygen atoms in total. The summed E-state index contributed by atoms with van der Waals surface area (Å²) in [6, 6.07) is 0. The molecule has 0 heterocycles. The van der Waals surface area contributed by atoms with Crippen LogP contribution < -0.4 is 0 Å². The van der Waals surface area contributed by atoms with Crippen molar-refractivity contribution < 1.29 is 15.0 Å². The van der Waals surface area contributed by atoms with Gasteiger partial charge in [-0.3, -0.25) is 0 Å². The van der Waals surface area contributed by atoms with Gasteiger partial charge in [-0.1, -0.05) is 0 Å². The Morgan fingerprint density at radius 1 is 0.800 bits per heavy atom. The van der Waals surface area contributed by atoms with E-state index in [1.165, 1.54) is 0 Å². The van der Waals surface area contributed by atoms with E-state index in [-0.39, 0.29) is 0 Å². The molecule has 0 aliphatic carbocycles. The van der Waals surface area contributed by atoms with Gasteiger partial charge in [0.2, 0.25) is 0 Å². The summed E-state index contributed by atoms with van der Waals surface area (Å²) >= 11 is 28.4. The van der Waals surface area contributed by atoms with Crippen molar-refractivity contribution in [3.05, 3.63) is 0 Å². The molecule has 0 bridgehead atoms. The molecule has 0 fully saturated rings. The van der Waals surface area contributed by atoms with Gasteiger partial charge >= 0.3 is 129 Å². The van der Waals surface area contributed by atoms with E-state index in [2.05, 4.69) is 5.37 Å². The standard InChI is InChI=1S/2C2HCl3O2.Pb/c2*3-2(4,5)1(6)7;/h2*(H,6,7);/q;;+2/p-2. The second kappa shape index (κ2) is 6.51. The molecule has 0 N–H and O–H groups in total. The Morgan fingerprint density at radius 2 is 1.07 bits per heavy atom. The van der Waals surface area contributed by atoms with Crippen molar-refractivity contribution in [1.29, 1.82) is 0 Å². The van der Waals surface area contributed by atoms with Crippen LogP contribution in [0.3, 0.4) is 0 Å². The average Bonchev–Trinajstić information content (AvgIpc) is 2.00. The van der Waals surface area contributed by atoms with Crippen LogP contribution >= 0.6 is 69.6 Å². The summed E-state index contributed by atoms with van der Waals surface area (Å²) in [6.45, 7) is 0. The first kappa shape index (κ1) is 16.6. The third-order valence-corrected chi connectivity index (χ3v) is 3.75. The molecule has 2 radical (unpaired) electrons. The molecule has 86 valence electrons. The Balaban J connectivity index is 3.92. The summed E-state index contributed by atoms with van der Waals surface area (Å²) in [6.07, 6.45) is 0. The molecule has 0 amide bonds. The first-order valence-corrected chi connectivity index (χ1v) is 8.30. The van der Waals surface area contributed by atoms with Gasteiger partial charge in [0.05, 0.1) is 0 Å². The topological polar surface area (TPSA) is 52.6 Å². The zero-order valence-corrected chi connectivity index (χ0v) is 14.8. The van der Waals surface area contributed by atoms with Crippen molar-refractivity contribution in [2.45, 2.75) is 7.59 Å². The molecular weight excluding hydrogens is 532 g/mol. The van der Waals surface area contributed by atoms with Crippen LogP contribution in [0.4, 0.5) is 0 Å². The number of carbonyl (C=O) groups excluding carboxylic acids is 2. The van der Waals surface area contributed by atoms with E-state index in [0.717, 1.165) is 0 Å². The van der Waals surface area contributed by atoms with Crippen molar-refractivity contribution in [3.8, 4) is 0 Å². The molecule has 0 saturated carbocycles. The molecular formula is C4Cl6O4Pb. The SMILES string of the molecule is O=C([O][Pb][O]C(=O)C(Cl)(Cl)Cl)C(Cl)(Cl)Cl. The van der Waals surface area contributed by atoms with Crippen molar-refractivity contribution in [2.75, 3.05) is 0 Å². The number of halogens is 6. The fraction of sp³-hybridized carbons (Fsp3) is 0.500. The molecule has 0 aliphatic rings. The molecule has 0 saturated heterocycles. The Morgan fingerprint density at radius 3 is 1.27 bits per heavy atom. The molecule has 0 rings (SSSR count). The van der Waals surface area contributed by atoms with E-state index in [0.29, 0.717) is 0 Å². The number of rotatable bonds is 2. The van der Waals surface area contributed by atoms with Gasteiger partial charge in [0.1, 0.15) is 0 Å². The van der Waals surface area contributed by atoms with E-state index in [9.17, 15) is 9.59 Å². The van der Waals surface area contributed by atoms with Crippen molar-refractivity contribution >= 4 is 107 Å². The second-order valence-corrected chi connectivity index (χ2v) is 8.66. The van der Waals surface area contributed by atoms with Crippen LogP contribution in [0, 0.1) is 0 Å². The molecule has 11 heteroatoms. The average molecular weight is 532 g/mol. The Labute approximate surface area is 128 Å². The predicted molar refractivity (Wildman–Crippen MR) is 58.5 cm³/mol. The molecule has 0 aromatic heterocycles. The van der Waals surface area contributed by atoms with E-state index in [1.807, 2.05) is 0 Å². The zero-order chi connectivity index (χ0) is 12.3. The van der Waals surface area contributed by atoms with Gasteiger partial charge in [-0.15, -0.1) is 0 Å². The third kappa shape index (κ3) is 7.51. The van der Waals surface area contributed by atoms with Crippen LogP contribution in [0.25, 0.3) is 0 Å². The first-order valence-electron chi connectivity index (χ1n) is 2.86. The van der Waals surface area contributed by atoms with E-state index >= 15 is 0 Å². The van der Waals surface area contributed by atoms with E-state index in [4.69, 9.17) is 69.6 Å². The molecule has 0 aromatic carbocycles. The van der Waals surface area contributed by atoms with Crippen LogP contribution in [-0.2, 0) is 15.0 Å². The van der Waals surface area contributed by atoms with Gasteiger partial charge in [0, 0.05) is 0 Å². The molecule has 15 heavy (non-hydrogen) atoms. The number of hydrogen-bond donors (Lipinski definition) is 0. The normalized spacial score (nSPS) is 12.1. The predicted octanol–water partition coefficient (Wildman–Crippen LogP) is 2.35. The van der Waals surface area contributed by atoms with Gasteiger partial charge in [0.25, 0.3) is 0 Å². The van der Waals surface area contributed by atoms with Gasteiger partial charge in [0.15, 0.2) is 0 Å². The quantitative estimate of drug-likeness (QED) is 0.405. The Bertz CT molecular complexity index is 231. The Hall–Kier alpha value is 1.60. The molecule has 0 aliphatic heterocycles. The van der Waals surface area contributed by atoms with Crippen molar-refractivity contribution in [2.24, 2.45) is 0 Å². The maximum atomic E-state index is 10.8. The van der Waals surface area contributed by atoms with Crippen molar-refractivity contribution in [3.63, 3.8) is 0 Å². The third-order valence-electron chi connectivity index (χ3n) is 0.732. The van der Waals surface area contributed by atoms with Crippen LogP contribution in [0.2, 0.25) is 0 Å². The summed E-state index contributed by atoms with van der Waals surface area (Å²) in [7, 11) is 0. The van der Waals surface area contributed by atoms with Gasteiger partial charge in [-0.2, -0.15) is 0 Å². The van der Waals surface area contributed by atoms with Crippen LogP contribution in [0.5, 0.6) is 0 Å². The summed E-state index contributed by atoms with van der Waals surface area (Å²) in [4.78, 5) is 21.7. The maximum absolute atomic E-state index is 10.8. The van der Waals surface area contributed by atoms with Crippen molar-refractivity contribution in [1.82, 2.24) is 0 Å². The number of carbonyl (C=O) groups is 2. The minimum atomic E-state index is -2.54. The van der Waals surface area contributed by atoms with Gasteiger partial charge in [-0.05, 0) is 0 Å². The minimum absolute atomic E-state index is 1.13. The monoisotopic (exact) mass is 530 g/mol. The molecule has 0 spiro atoms. The summed E-state index contributed by atoms with van der Waals surface area (Å²) in [5.41, 5.74) is 0. The fourth-order valence-corrected chi connectivity index (χ4v) is 3.89. The summed E-state index contributed by atoms with van der Waals surface area (Å²) in [5, 5.41) is 0. The van der Waals surface area contributed by atoms with Gasteiger partial charge < -0.3 is 0 Å². The number of hydrogen-bond acceptors (Lipinski definition) is 4. The fourth-order valence-electron chi connectivity index (χ4n) is 0.212. The summed E-state index contributed by atoms with van der Waals surface area (Å²) in [5.74, 6) is -2.26. The zero-order valence-electron chi connectivity index (χ0n) is 6.40. The van der Waals surface area contributed by atoms with Crippen LogP contribution in [0.1, 0.15) is 0 Å². The van der Waals surface area contributed by atoms with Crippen LogP contribution in [0.15, 0.2) is 0 Å². The molecule has 0 aromatic rings. The molecule has 0 unspecified atom stereocenters. The van der Waals surface area contributed by atoms with E-state index < -0.39 is 44.7 Å². The Kier molecular flexibility index (Phi) is 7.21.